The zero-order valence-corrected chi connectivity index (χ0v) is 13.6. The molecule has 2 atom stereocenters. The molecular formula is C18H29N3. The number of hydrogen-bond donors (Lipinski definition) is 0. The van der Waals surface area contributed by atoms with E-state index in [-0.39, 0.29) is 0 Å². The number of nitrogens with zero attached hydrogens (tertiary/aromatic N) is 3. The van der Waals surface area contributed by atoms with Gasteiger partial charge in [0.15, 0.2) is 0 Å². The van der Waals surface area contributed by atoms with Crippen LogP contribution in [0.4, 0.5) is 5.69 Å². The Morgan fingerprint density at radius 3 is 2.62 bits per heavy atom. The van der Waals surface area contributed by atoms with Gasteiger partial charge in [-0.25, -0.2) is 0 Å². The number of hydrogen-bond acceptors (Lipinski definition) is 3. The average Bonchev–Trinajstić information content (AvgIpc) is 2.47. The molecule has 0 radical (unpaired) electrons. The summed E-state index contributed by atoms with van der Waals surface area (Å²) in [5.74, 6) is 1.66. The quantitative estimate of drug-likeness (QED) is 0.847. The van der Waals surface area contributed by atoms with Crippen LogP contribution in [0.25, 0.3) is 0 Å². The number of rotatable bonds is 3. The predicted molar refractivity (Wildman–Crippen MR) is 88.5 cm³/mol. The monoisotopic (exact) mass is 287 g/mol. The van der Waals surface area contributed by atoms with Gasteiger partial charge in [0.2, 0.25) is 0 Å². The van der Waals surface area contributed by atoms with Crippen molar-refractivity contribution in [3.05, 3.63) is 24.0 Å². The largest absolute Gasteiger partial charge is 0.371 e. The Bertz CT molecular complexity index is 460. The first kappa shape index (κ1) is 14.8. The fourth-order valence-electron chi connectivity index (χ4n) is 3.83. The third-order valence-electron chi connectivity index (χ3n) is 4.95. The molecule has 2 fully saturated rings. The van der Waals surface area contributed by atoms with Crippen LogP contribution >= 0.6 is 0 Å². The van der Waals surface area contributed by atoms with Crippen molar-refractivity contribution < 1.29 is 0 Å². The summed E-state index contributed by atoms with van der Waals surface area (Å²) in [6.45, 7) is 10.6. The van der Waals surface area contributed by atoms with Gasteiger partial charge >= 0.3 is 0 Å². The Balaban J connectivity index is 1.65. The standard InChI is InChI=1S/C18H29N3/c1-15-5-3-9-20(12-15)14-17-11-18(7-8-19-17)21-10-4-6-16(2)13-21/h7-8,11,15-16H,3-6,9-10,12-14H2,1-2H3/t15-,16+/m0/s1. The van der Waals surface area contributed by atoms with Crippen LogP contribution < -0.4 is 4.90 Å². The molecule has 0 amide bonds. The Morgan fingerprint density at radius 1 is 1.10 bits per heavy atom. The summed E-state index contributed by atoms with van der Waals surface area (Å²) in [7, 11) is 0. The maximum absolute atomic E-state index is 4.60. The highest BCUT2D eigenvalue weighted by Gasteiger charge is 2.19. The molecule has 1 aromatic heterocycles. The smallest absolute Gasteiger partial charge is 0.0564 e. The summed E-state index contributed by atoms with van der Waals surface area (Å²) in [5, 5.41) is 0. The summed E-state index contributed by atoms with van der Waals surface area (Å²) in [6.07, 6.45) is 7.42. The van der Waals surface area contributed by atoms with Crippen LogP contribution in [0, 0.1) is 11.8 Å². The SMILES string of the molecule is C[C@@H]1CCCN(c2ccnc(CN3CCC[C@H](C)C3)c2)C1. The van der Waals surface area contributed by atoms with Crippen LogP contribution in [0.2, 0.25) is 0 Å². The van der Waals surface area contributed by atoms with Gasteiger partial charge in [-0.3, -0.25) is 9.88 Å². The third kappa shape index (κ3) is 3.97. The molecule has 3 rings (SSSR count). The van der Waals surface area contributed by atoms with E-state index < -0.39 is 0 Å². The number of anilines is 1. The first-order valence-corrected chi connectivity index (χ1v) is 8.63. The Morgan fingerprint density at radius 2 is 1.86 bits per heavy atom. The molecule has 0 spiro atoms. The predicted octanol–water partition coefficient (Wildman–Crippen LogP) is 3.55. The van der Waals surface area contributed by atoms with Gasteiger partial charge in [0.25, 0.3) is 0 Å². The van der Waals surface area contributed by atoms with Crippen LogP contribution in [0.15, 0.2) is 18.3 Å². The van der Waals surface area contributed by atoms with Crippen LogP contribution in [0.3, 0.4) is 0 Å². The first-order valence-electron chi connectivity index (χ1n) is 8.63. The topological polar surface area (TPSA) is 19.4 Å². The van der Waals surface area contributed by atoms with Gasteiger partial charge in [-0.05, 0) is 56.2 Å². The molecule has 2 saturated heterocycles. The zero-order valence-electron chi connectivity index (χ0n) is 13.6. The van der Waals surface area contributed by atoms with E-state index in [4.69, 9.17) is 0 Å². The Kier molecular flexibility index (Phi) is 4.79. The fraction of sp³-hybridized carbons (Fsp3) is 0.722. The van der Waals surface area contributed by atoms with Crippen molar-refractivity contribution in [2.75, 3.05) is 31.1 Å². The molecule has 3 heteroatoms. The minimum Gasteiger partial charge on any atom is -0.371 e. The molecule has 2 aliphatic rings. The minimum absolute atomic E-state index is 0.818. The summed E-state index contributed by atoms with van der Waals surface area (Å²) in [6, 6.07) is 4.50. The second kappa shape index (κ2) is 6.78. The van der Waals surface area contributed by atoms with Gasteiger partial charge in [0.05, 0.1) is 5.69 Å². The number of likely N-dealkylation sites (tertiary alicyclic amines) is 1. The van der Waals surface area contributed by atoms with Crippen LogP contribution in [-0.2, 0) is 6.54 Å². The molecule has 3 nitrogen and oxygen atoms in total. The van der Waals surface area contributed by atoms with Crippen LogP contribution in [0.1, 0.15) is 45.2 Å². The fourth-order valence-corrected chi connectivity index (χ4v) is 3.83. The van der Waals surface area contributed by atoms with Crippen LogP contribution in [0.5, 0.6) is 0 Å². The molecule has 0 aromatic carbocycles. The highest BCUT2D eigenvalue weighted by Crippen LogP contribution is 2.24. The summed E-state index contributed by atoms with van der Waals surface area (Å²) < 4.78 is 0. The molecule has 0 aliphatic carbocycles. The van der Waals surface area contributed by atoms with E-state index in [1.165, 1.54) is 63.2 Å². The lowest BCUT2D eigenvalue weighted by Crippen LogP contribution is -2.35. The molecule has 0 saturated carbocycles. The van der Waals surface area contributed by atoms with E-state index in [0.717, 1.165) is 18.4 Å². The van der Waals surface area contributed by atoms with Gasteiger partial charge in [-0.2, -0.15) is 0 Å². The highest BCUT2D eigenvalue weighted by atomic mass is 15.2. The minimum atomic E-state index is 0.818. The van der Waals surface area contributed by atoms with Gasteiger partial charge in [0, 0.05) is 38.1 Å². The van der Waals surface area contributed by atoms with Crippen molar-refractivity contribution in [3.63, 3.8) is 0 Å². The lowest BCUT2D eigenvalue weighted by atomic mass is 9.99. The molecule has 2 aliphatic heterocycles. The van der Waals surface area contributed by atoms with E-state index in [1.807, 2.05) is 6.20 Å². The van der Waals surface area contributed by atoms with E-state index in [1.54, 1.807) is 0 Å². The summed E-state index contributed by atoms with van der Waals surface area (Å²) >= 11 is 0. The van der Waals surface area contributed by atoms with Crippen molar-refractivity contribution in [1.82, 2.24) is 9.88 Å². The normalized spacial score (nSPS) is 27.8. The van der Waals surface area contributed by atoms with Gasteiger partial charge in [0.1, 0.15) is 0 Å². The molecule has 116 valence electrons. The summed E-state index contributed by atoms with van der Waals surface area (Å²) in [5.41, 5.74) is 2.61. The van der Waals surface area contributed by atoms with Crippen molar-refractivity contribution >= 4 is 5.69 Å². The second-order valence-corrected chi connectivity index (χ2v) is 7.18. The molecule has 0 N–H and O–H groups in total. The van der Waals surface area contributed by atoms with Crippen molar-refractivity contribution in [2.24, 2.45) is 11.8 Å². The first-order chi connectivity index (χ1) is 10.2. The maximum Gasteiger partial charge on any atom is 0.0564 e. The molecule has 0 unspecified atom stereocenters. The third-order valence-corrected chi connectivity index (χ3v) is 4.95. The molecule has 1 aromatic rings. The zero-order chi connectivity index (χ0) is 14.7. The number of aromatic nitrogens is 1. The Labute approximate surface area is 129 Å². The van der Waals surface area contributed by atoms with E-state index >= 15 is 0 Å². The average molecular weight is 287 g/mol. The van der Waals surface area contributed by atoms with E-state index in [9.17, 15) is 0 Å². The Hall–Kier alpha value is -1.09. The van der Waals surface area contributed by atoms with Crippen molar-refractivity contribution in [2.45, 2.75) is 46.1 Å². The molecule has 21 heavy (non-hydrogen) atoms. The molecule has 0 bridgehead atoms. The van der Waals surface area contributed by atoms with E-state index in [2.05, 4.69) is 40.8 Å². The van der Waals surface area contributed by atoms with Crippen LogP contribution in [-0.4, -0.2) is 36.1 Å². The second-order valence-electron chi connectivity index (χ2n) is 7.18. The summed E-state index contributed by atoms with van der Waals surface area (Å²) in [4.78, 5) is 9.71. The highest BCUT2D eigenvalue weighted by molar-refractivity contribution is 5.47. The lowest BCUT2D eigenvalue weighted by Gasteiger charge is -2.33. The maximum atomic E-state index is 4.60. The van der Waals surface area contributed by atoms with Gasteiger partial charge in [-0.1, -0.05) is 13.8 Å². The van der Waals surface area contributed by atoms with Gasteiger partial charge in [-0.15, -0.1) is 0 Å². The molecular weight excluding hydrogens is 258 g/mol. The van der Waals surface area contributed by atoms with Gasteiger partial charge < -0.3 is 4.90 Å². The lowest BCUT2D eigenvalue weighted by molar-refractivity contribution is 0.175. The molecule has 3 heterocycles. The van der Waals surface area contributed by atoms with E-state index in [0.29, 0.717) is 0 Å². The van der Waals surface area contributed by atoms with Crippen molar-refractivity contribution in [3.8, 4) is 0 Å². The van der Waals surface area contributed by atoms with Crippen molar-refractivity contribution in [1.29, 1.82) is 0 Å². The number of piperidine rings is 2. The number of pyridine rings is 1.